The lowest BCUT2D eigenvalue weighted by Gasteiger charge is -2.04. The van der Waals surface area contributed by atoms with Crippen LogP contribution < -0.4 is 0 Å². The average molecular weight is 326 g/mol. The van der Waals surface area contributed by atoms with Gasteiger partial charge < -0.3 is 4.74 Å². The first-order chi connectivity index (χ1) is 10.0. The van der Waals surface area contributed by atoms with E-state index in [9.17, 15) is 14.9 Å². The van der Waals surface area contributed by atoms with Crippen LogP contribution in [0.3, 0.4) is 0 Å². The van der Waals surface area contributed by atoms with Gasteiger partial charge in [0.2, 0.25) is 0 Å². The molecule has 0 unspecified atom stereocenters. The number of carbonyl (C=O) groups excluding carboxylic acids is 1. The molecule has 0 bridgehead atoms. The summed E-state index contributed by atoms with van der Waals surface area (Å²) in [4.78, 5) is 29.9. The van der Waals surface area contributed by atoms with Crippen LogP contribution in [-0.2, 0) is 4.74 Å². The zero-order valence-corrected chi connectivity index (χ0v) is 12.2. The van der Waals surface area contributed by atoms with E-state index in [0.29, 0.717) is 10.0 Å². The van der Waals surface area contributed by atoms with Crippen molar-refractivity contribution < 1.29 is 14.5 Å². The van der Waals surface area contributed by atoms with Gasteiger partial charge in [-0.2, -0.15) is 0 Å². The van der Waals surface area contributed by atoms with E-state index in [0.717, 1.165) is 11.8 Å². The molecule has 0 radical (unpaired) electrons. The predicted octanol–water partition coefficient (Wildman–Crippen LogP) is 2.98. The SMILES string of the molecule is COC(=O)c1ccc([N+](=O)[O-])c(Sc2ccc(Cl)cn2)n1. The van der Waals surface area contributed by atoms with Gasteiger partial charge in [0.1, 0.15) is 10.7 Å². The second kappa shape index (κ2) is 6.51. The molecular formula is C12H8ClN3O4S. The second-order valence-electron chi connectivity index (χ2n) is 3.69. The number of halogens is 1. The number of nitrogens with zero attached hydrogens (tertiary/aromatic N) is 3. The summed E-state index contributed by atoms with van der Waals surface area (Å²) in [6, 6.07) is 5.65. The lowest BCUT2D eigenvalue weighted by atomic mass is 10.3. The molecule has 0 aromatic carbocycles. The van der Waals surface area contributed by atoms with Crippen LogP contribution in [0.1, 0.15) is 10.5 Å². The van der Waals surface area contributed by atoms with Crippen LogP contribution in [0.4, 0.5) is 5.69 Å². The quantitative estimate of drug-likeness (QED) is 0.484. The summed E-state index contributed by atoms with van der Waals surface area (Å²) in [5, 5.41) is 12.0. The molecular weight excluding hydrogens is 318 g/mol. The molecule has 0 aliphatic rings. The maximum absolute atomic E-state index is 11.4. The molecule has 2 heterocycles. The minimum absolute atomic E-state index is 0.0143. The molecule has 0 aliphatic heterocycles. The van der Waals surface area contributed by atoms with Gasteiger partial charge in [0.05, 0.1) is 17.1 Å². The van der Waals surface area contributed by atoms with Crippen molar-refractivity contribution in [3.05, 3.63) is 51.3 Å². The van der Waals surface area contributed by atoms with Gasteiger partial charge in [-0.05, 0) is 30.0 Å². The highest BCUT2D eigenvalue weighted by Crippen LogP contribution is 2.32. The van der Waals surface area contributed by atoms with Gasteiger partial charge in [0.25, 0.3) is 0 Å². The third kappa shape index (κ3) is 3.67. The Kier molecular flexibility index (Phi) is 4.71. The molecule has 0 saturated carbocycles. The number of rotatable bonds is 4. The lowest BCUT2D eigenvalue weighted by molar-refractivity contribution is -0.388. The highest BCUT2D eigenvalue weighted by molar-refractivity contribution is 7.99. The maximum atomic E-state index is 11.4. The zero-order chi connectivity index (χ0) is 15.4. The van der Waals surface area contributed by atoms with Crippen molar-refractivity contribution in [2.75, 3.05) is 7.11 Å². The molecule has 0 fully saturated rings. The van der Waals surface area contributed by atoms with E-state index in [2.05, 4.69) is 14.7 Å². The topological polar surface area (TPSA) is 95.2 Å². The Morgan fingerprint density at radius 2 is 2.14 bits per heavy atom. The first kappa shape index (κ1) is 15.2. The predicted molar refractivity (Wildman–Crippen MR) is 75.6 cm³/mol. The number of pyridine rings is 2. The number of ether oxygens (including phenoxy) is 1. The van der Waals surface area contributed by atoms with Gasteiger partial charge in [0, 0.05) is 12.3 Å². The monoisotopic (exact) mass is 325 g/mol. The van der Waals surface area contributed by atoms with Crippen LogP contribution in [0.25, 0.3) is 0 Å². The summed E-state index contributed by atoms with van der Waals surface area (Å²) in [6.07, 6.45) is 1.42. The van der Waals surface area contributed by atoms with Gasteiger partial charge in [-0.25, -0.2) is 14.8 Å². The Morgan fingerprint density at radius 3 is 2.71 bits per heavy atom. The Morgan fingerprint density at radius 1 is 1.38 bits per heavy atom. The van der Waals surface area contributed by atoms with Gasteiger partial charge in [-0.15, -0.1) is 0 Å². The summed E-state index contributed by atoms with van der Waals surface area (Å²) in [5.41, 5.74) is -0.232. The lowest BCUT2D eigenvalue weighted by Crippen LogP contribution is -2.06. The van der Waals surface area contributed by atoms with E-state index in [4.69, 9.17) is 11.6 Å². The second-order valence-corrected chi connectivity index (χ2v) is 5.13. The summed E-state index contributed by atoms with van der Waals surface area (Å²) in [5.74, 6) is -0.671. The largest absolute Gasteiger partial charge is 0.464 e. The number of hydrogen-bond donors (Lipinski definition) is 0. The molecule has 0 saturated heterocycles. The van der Waals surface area contributed by atoms with Crippen LogP contribution >= 0.6 is 23.4 Å². The fraction of sp³-hybridized carbons (Fsp3) is 0.0833. The number of aromatic nitrogens is 2. The van der Waals surface area contributed by atoms with E-state index < -0.39 is 10.9 Å². The summed E-state index contributed by atoms with van der Waals surface area (Å²) in [7, 11) is 1.21. The third-order valence-corrected chi connectivity index (χ3v) is 3.50. The van der Waals surface area contributed by atoms with Crippen LogP contribution in [0.2, 0.25) is 5.02 Å². The molecule has 2 aromatic heterocycles. The first-order valence-corrected chi connectivity index (χ1v) is 6.74. The Balaban J connectivity index is 2.40. The van der Waals surface area contributed by atoms with Crippen molar-refractivity contribution in [2.24, 2.45) is 0 Å². The van der Waals surface area contributed by atoms with Gasteiger partial charge >= 0.3 is 11.7 Å². The van der Waals surface area contributed by atoms with Crippen LogP contribution in [-0.4, -0.2) is 28.0 Å². The Bertz CT molecular complexity index is 693. The summed E-state index contributed by atoms with van der Waals surface area (Å²) >= 11 is 6.69. The average Bonchev–Trinajstić information content (AvgIpc) is 2.48. The molecule has 2 aromatic rings. The van der Waals surface area contributed by atoms with Gasteiger partial charge in [-0.1, -0.05) is 11.6 Å². The highest BCUT2D eigenvalue weighted by Gasteiger charge is 2.20. The first-order valence-electron chi connectivity index (χ1n) is 5.54. The molecule has 9 heteroatoms. The summed E-state index contributed by atoms with van der Waals surface area (Å²) < 4.78 is 4.54. The van der Waals surface area contributed by atoms with Crippen molar-refractivity contribution in [1.82, 2.24) is 9.97 Å². The van der Waals surface area contributed by atoms with E-state index in [-0.39, 0.29) is 16.4 Å². The van der Waals surface area contributed by atoms with Gasteiger partial charge in [-0.3, -0.25) is 10.1 Å². The number of nitro groups is 1. The van der Waals surface area contributed by atoms with Crippen molar-refractivity contribution >= 4 is 35.0 Å². The van der Waals surface area contributed by atoms with E-state index >= 15 is 0 Å². The Hall–Kier alpha value is -2.19. The fourth-order valence-electron chi connectivity index (χ4n) is 1.39. The smallest absolute Gasteiger partial charge is 0.356 e. The van der Waals surface area contributed by atoms with E-state index in [1.54, 1.807) is 12.1 Å². The molecule has 0 aliphatic carbocycles. The number of hydrogen-bond acceptors (Lipinski definition) is 7. The standard InChI is InChI=1S/C12H8ClN3O4S/c1-20-12(17)8-3-4-9(16(18)19)11(15-8)21-10-5-2-7(13)6-14-10/h2-6H,1H3. The molecule has 108 valence electrons. The molecule has 0 spiro atoms. The number of methoxy groups -OCH3 is 1. The maximum Gasteiger partial charge on any atom is 0.356 e. The highest BCUT2D eigenvalue weighted by atomic mass is 35.5. The molecule has 0 atom stereocenters. The number of carbonyl (C=O) groups is 1. The van der Waals surface area contributed by atoms with E-state index in [1.165, 1.54) is 25.4 Å². The van der Waals surface area contributed by atoms with Gasteiger partial charge in [0.15, 0.2) is 5.03 Å². The zero-order valence-electron chi connectivity index (χ0n) is 10.6. The van der Waals surface area contributed by atoms with Crippen LogP contribution in [0, 0.1) is 10.1 Å². The fourth-order valence-corrected chi connectivity index (χ4v) is 2.33. The van der Waals surface area contributed by atoms with E-state index in [1.807, 2.05) is 0 Å². The summed E-state index contributed by atoms with van der Waals surface area (Å²) in [6.45, 7) is 0. The number of esters is 1. The third-order valence-electron chi connectivity index (χ3n) is 2.33. The Labute approximate surface area is 128 Å². The van der Waals surface area contributed by atoms with Crippen LogP contribution in [0.15, 0.2) is 40.5 Å². The molecule has 21 heavy (non-hydrogen) atoms. The molecule has 7 nitrogen and oxygen atoms in total. The normalized spacial score (nSPS) is 10.2. The molecule has 2 rings (SSSR count). The van der Waals surface area contributed by atoms with Crippen molar-refractivity contribution in [2.45, 2.75) is 10.1 Å². The minimum atomic E-state index is -0.671. The van der Waals surface area contributed by atoms with Crippen LogP contribution in [0.5, 0.6) is 0 Å². The minimum Gasteiger partial charge on any atom is -0.464 e. The molecule has 0 N–H and O–H groups in total. The van der Waals surface area contributed by atoms with Crippen molar-refractivity contribution in [3.8, 4) is 0 Å². The van der Waals surface area contributed by atoms with Crippen molar-refractivity contribution in [3.63, 3.8) is 0 Å². The molecule has 0 amide bonds. The van der Waals surface area contributed by atoms with Crippen molar-refractivity contribution in [1.29, 1.82) is 0 Å².